The molecule has 0 atom stereocenters. The van der Waals surface area contributed by atoms with Crippen molar-refractivity contribution in [3.05, 3.63) is 27.3 Å². The fourth-order valence-electron chi connectivity index (χ4n) is 1.61. The fourth-order valence-corrected chi connectivity index (χ4v) is 2.32. The van der Waals surface area contributed by atoms with Gasteiger partial charge in [0.05, 0.1) is 5.69 Å². The van der Waals surface area contributed by atoms with Gasteiger partial charge in [0.15, 0.2) is 0 Å². The van der Waals surface area contributed by atoms with Crippen LogP contribution >= 0.6 is 22.6 Å². The summed E-state index contributed by atoms with van der Waals surface area (Å²) in [5.74, 6) is 0. The van der Waals surface area contributed by atoms with Crippen molar-refractivity contribution in [3.63, 3.8) is 0 Å². The Labute approximate surface area is 129 Å². The van der Waals surface area contributed by atoms with Crippen molar-refractivity contribution in [2.24, 2.45) is 0 Å². The number of nitrogens with one attached hydrogen (secondary N) is 1. The average molecular weight is 375 g/mol. The van der Waals surface area contributed by atoms with Gasteiger partial charge in [-0.05, 0) is 73.9 Å². The van der Waals surface area contributed by atoms with Crippen LogP contribution in [0.25, 0.3) is 0 Å². The molecule has 1 N–H and O–H groups in total. The largest absolute Gasteiger partial charge is 0.444 e. The second-order valence-electron chi connectivity index (χ2n) is 5.54. The van der Waals surface area contributed by atoms with Crippen LogP contribution in [-0.2, 0) is 11.2 Å². The van der Waals surface area contributed by atoms with Crippen LogP contribution < -0.4 is 5.32 Å². The Balaban J connectivity index is 2.67. The Bertz CT molecular complexity index is 438. The Morgan fingerprint density at radius 3 is 2.58 bits per heavy atom. The molecule has 1 aromatic rings. The molecule has 3 nitrogen and oxygen atoms in total. The van der Waals surface area contributed by atoms with Crippen LogP contribution in [0.1, 0.15) is 46.1 Å². The van der Waals surface area contributed by atoms with E-state index in [-0.39, 0.29) is 0 Å². The van der Waals surface area contributed by atoms with E-state index in [1.165, 1.54) is 18.4 Å². The maximum atomic E-state index is 11.7. The predicted molar refractivity (Wildman–Crippen MR) is 87.6 cm³/mol. The molecular formula is C15H22INO2. The molecule has 106 valence electrons. The highest BCUT2D eigenvalue weighted by atomic mass is 127. The van der Waals surface area contributed by atoms with Gasteiger partial charge in [0, 0.05) is 3.57 Å². The molecule has 0 heterocycles. The number of hydrogen-bond donors (Lipinski definition) is 1. The summed E-state index contributed by atoms with van der Waals surface area (Å²) in [6.45, 7) is 7.74. The van der Waals surface area contributed by atoms with E-state index in [4.69, 9.17) is 4.74 Å². The maximum absolute atomic E-state index is 11.7. The number of amides is 1. The molecule has 0 radical (unpaired) electrons. The summed E-state index contributed by atoms with van der Waals surface area (Å²) in [6, 6.07) is 6.12. The summed E-state index contributed by atoms with van der Waals surface area (Å²) >= 11 is 2.24. The van der Waals surface area contributed by atoms with Crippen LogP contribution in [-0.4, -0.2) is 11.7 Å². The Hall–Kier alpha value is -0.780. The first kappa shape index (κ1) is 16.3. The first-order chi connectivity index (χ1) is 8.81. The third-order valence-electron chi connectivity index (χ3n) is 2.49. The molecular weight excluding hydrogens is 353 g/mol. The lowest BCUT2D eigenvalue weighted by atomic mass is 10.1. The van der Waals surface area contributed by atoms with Gasteiger partial charge in [-0.3, -0.25) is 5.32 Å². The average Bonchev–Trinajstić information content (AvgIpc) is 2.27. The fraction of sp³-hybridized carbons (Fsp3) is 0.533. The highest BCUT2D eigenvalue weighted by Gasteiger charge is 2.16. The third kappa shape index (κ3) is 6.27. The van der Waals surface area contributed by atoms with Crippen molar-refractivity contribution in [2.75, 3.05) is 5.32 Å². The van der Waals surface area contributed by atoms with Crippen LogP contribution in [0.3, 0.4) is 0 Å². The minimum Gasteiger partial charge on any atom is -0.444 e. The molecule has 0 aliphatic rings. The van der Waals surface area contributed by atoms with Crippen molar-refractivity contribution in [1.29, 1.82) is 0 Å². The van der Waals surface area contributed by atoms with Crippen molar-refractivity contribution in [1.82, 2.24) is 0 Å². The first-order valence-corrected chi connectivity index (χ1v) is 7.68. The molecule has 0 spiro atoms. The number of anilines is 1. The van der Waals surface area contributed by atoms with E-state index < -0.39 is 11.7 Å². The van der Waals surface area contributed by atoms with Gasteiger partial charge in [-0.1, -0.05) is 19.4 Å². The number of ether oxygens (including phenoxy) is 1. The van der Waals surface area contributed by atoms with E-state index in [0.717, 1.165) is 15.7 Å². The minimum atomic E-state index is -0.476. The lowest BCUT2D eigenvalue weighted by Crippen LogP contribution is -2.27. The van der Waals surface area contributed by atoms with E-state index in [1.54, 1.807) is 0 Å². The van der Waals surface area contributed by atoms with Crippen LogP contribution in [0.15, 0.2) is 18.2 Å². The van der Waals surface area contributed by atoms with Gasteiger partial charge in [-0.15, -0.1) is 0 Å². The number of halogens is 1. The molecule has 0 bridgehead atoms. The summed E-state index contributed by atoms with van der Waals surface area (Å²) in [7, 11) is 0. The maximum Gasteiger partial charge on any atom is 0.412 e. The van der Waals surface area contributed by atoms with Gasteiger partial charge in [-0.25, -0.2) is 4.79 Å². The van der Waals surface area contributed by atoms with E-state index in [0.29, 0.717) is 0 Å². The van der Waals surface area contributed by atoms with Gasteiger partial charge < -0.3 is 4.74 Å². The molecule has 4 heteroatoms. The molecule has 0 aliphatic heterocycles. The molecule has 0 unspecified atom stereocenters. The highest BCUT2D eigenvalue weighted by Crippen LogP contribution is 2.21. The molecule has 0 saturated heterocycles. The standard InChI is InChI=1S/C15H22INO2/c1-5-6-7-11-8-9-13(12(16)10-11)17-14(18)19-15(2,3)4/h8-10H,5-7H2,1-4H3,(H,17,18). The molecule has 0 fully saturated rings. The van der Waals surface area contributed by atoms with E-state index in [2.05, 4.69) is 47.0 Å². The molecule has 0 aliphatic carbocycles. The first-order valence-electron chi connectivity index (χ1n) is 6.60. The summed E-state index contributed by atoms with van der Waals surface area (Å²) in [5, 5.41) is 2.78. The molecule has 0 aromatic heterocycles. The lowest BCUT2D eigenvalue weighted by molar-refractivity contribution is 0.0636. The third-order valence-corrected chi connectivity index (χ3v) is 3.38. The number of aryl methyl sites for hydroxylation is 1. The summed E-state index contributed by atoms with van der Waals surface area (Å²) < 4.78 is 6.28. The summed E-state index contributed by atoms with van der Waals surface area (Å²) in [4.78, 5) is 11.7. The zero-order chi connectivity index (χ0) is 14.5. The van der Waals surface area contributed by atoms with Crippen molar-refractivity contribution >= 4 is 34.4 Å². The predicted octanol–water partition coefficient (Wildman–Crippen LogP) is 4.98. The highest BCUT2D eigenvalue weighted by molar-refractivity contribution is 14.1. The number of hydrogen-bond acceptors (Lipinski definition) is 2. The van der Waals surface area contributed by atoms with Crippen molar-refractivity contribution in [2.45, 2.75) is 52.6 Å². The van der Waals surface area contributed by atoms with Crippen molar-refractivity contribution < 1.29 is 9.53 Å². The zero-order valence-corrected chi connectivity index (χ0v) is 14.2. The molecule has 19 heavy (non-hydrogen) atoms. The van der Waals surface area contributed by atoms with Crippen LogP contribution in [0, 0.1) is 3.57 Å². The topological polar surface area (TPSA) is 38.3 Å². The second-order valence-corrected chi connectivity index (χ2v) is 6.71. The molecule has 1 aromatic carbocycles. The number of benzene rings is 1. The SMILES string of the molecule is CCCCc1ccc(NC(=O)OC(C)(C)C)c(I)c1. The molecule has 0 saturated carbocycles. The number of carbonyl (C=O) groups excluding carboxylic acids is 1. The Morgan fingerprint density at radius 1 is 1.37 bits per heavy atom. The van der Waals surface area contributed by atoms with Gasteiger partial charge in [-0.2, -0.15) is 0 Å². The van der Waals surface area contributed by atoms with E-state index in [9.17, 15) is 4.79 Å². The Morgan fingerprint density at radius 2 is 2.05 bits per heavy atom. The van der Waals surface area contributed by atoms with Crippen LogP contribution in [0.5, 0.6) is 0 Å². The Kier molecular flexibility index (Phi) is 6.10. The van der Waals surface area contributed by atoms with Gasteiger partial charge >= 0.3 is 6.09 Å². The van der Waals surface area contributed by atoms with E-state index >= 15 is 0 Å². The quantitative estimate of drug-likeness (QED) is 0.754. The van der Waals surface area contributed by atoms with Gasteiger partial charge in [0.1, 0.15) is 5.60 Å². The lowest BCUT2D eigenvalue weighted by Gasteiger charge is -2.20. The number of rotatable bonds is 4. The molecule has 1 amide bonds. The van der Waals surface area contributed by atoms with Crippen LogP contribution in [0.2, 0.25) is 0 Å². The summed E-state index contributed by atoms with van der Waals surface area (Å²) in [5.41, 5.74) is 1.63. The van der Waals surface area contributed by atoms with E-state index in [1.807, 2.05) is 26.8 Å². The smallest absolute Gasteiger partial charge is 0.412 e. The second kappa shape index (κ2) is 7.12. The number of unbranched alkanes of at least 4 members (excludes halogenated alkanes) is 1. The minimum absolute atomic E-state index is 0.410. The monoisotopic (exact) mass is 375 g/mol. The number of carbonyl (C=O) groups is 1. The van der Waals surface area contributed by atoms with Gasteiger partial charge in [0.25, 0.3) is 0 Å². The molecule has 1 rings (SSSR count). The summed E-state index contributed by atoms with van der Waals surface area (Å²) in [6.07, 6.45) is 3.05. The zero-order valence-electron chi connectivity index (χ0n) is 12.0. The van der Waals surface area contributed by atoms with Crippen molar-refractivity contribution in [3.8, 4) is 0 Å². The van der Waals surface area contributed by atoms with Crippen LogP contribution in [0.4, 0.5) is 10.5 Å². The normalized spacial score (nSPS) is 11.2. The van der Waals surface area contributed by atoms with Gasteiger partial charge in [0.2, 0.25) is 0 Å².